The molecule has 0 heterocycles. The van der Waals surface area contributed by atoms with Crippen LogP contribution in [0.25, 0.3) is 0 Å². The molecule has 1 aromatic rings. The number of alkyl halides is 3. The SMILES string of the molecule is Fc1cc(OC(F)(F)F)cc(F)c1I. The average Bonchev–Trinajstić information content (AvgIpc) is 1.96. The Balaban J connectivity index is 3.02. The largest absolute Gasteiger partial charge is 0.573 e. The fourth-order valence-electron chi connectivity index (χ4n) is 0.725. The van der Waals surface area contributed by atoms with Gasteiger partial charge in [0, 0.05) is 12.1 Å². The quantitative estimate of drug-likeness (QED) is 0.437. The second-order valence-electron chi connectivity index (χ2n) is 2.25. The highest BCUT2D eigenvalue weighted by atomic mass is 127. The van der Waals surface area contributed by atoms with Crippen LogP contribution in [0.5, 0.6) is 5.75 Å². The lowest BCUT2D eigenvalue weighted by molar-refractivity contribution is -0.274. The molecule has 0 fully saturated rings. The van der Waals surface area contributed by atoms with E-state index in [2.05, 4.69) is 4.74 Å². The molecule has 0 N–H and O–H groups in total. The molecule has 0 bridgehead atoms. The maximum Gasteiger partial charge on any atom is 0.573 e. The summed E-state index contributed by atoms with van der Waals surface area (Å²) in [6.07, 6.45) is -4.95. The number of benzene rings is 1. The van der Waals surface area contributed by atoms with Gasteiger partial charge in [-0.3, -0.25) is 0 Å². The maximum atomic E-state index is 12.7. The molecular formula is C7H2F5IO. The van der Waals surface area contributed by atoms with E-state index < -0.39 is 23.7 Å². The van der Waals surface area contributed by atoms with Gasteiger partial charge in [0.2, 0.25) is 0 Å². The summed E-state index contributed by atoms with van der Waals surface area (Å²) in [5, 5.41) is 0. The summed E-state index contributed by atoms with van der Waals surface area (Å²) in [5.41, 5.74) is 0. The topological polar surface area (TPSA) is 9.23 Å². The first kappa shape index (κ1) is 11.5. The Bertz CT molecular complexity index is 325. The lowest BCUT2D eigenvalue weighted by Crippen LogP contribution is -2.17. The third kappa shape index (κ3) is 2.96. The van der Waals surface area contributed by atoms with Gasteiger partial charge < -0.3 is 4.74 Å². The van der Waals surface area contributed by atoms with Gasteiger partial charge in [0.15, 0.2) is 0 Å². The minimum atomic E-state index is -4.95. The molecular weight excluding hydrogens is 322 g/mol. The van der Waals surface area contributed by atoms with Crippen molar-refractivity contribution < 1.29 is 26.7 Å². The van der Waals surface area contributed by atoms with Crippen molar-refractivity contribution in [2.24, 2.45) is 0 Å². The lowest BCUT2D eigenvalue weighted by Gasteiger charge is -2.09. The molecule has 1 rings (SSSR count). The number of rotatable bonds is 1. The van der Waals surface area contributed by atoms with Gasteiger partial charge in [0.1, 0.15) is 17.4 Å². The molecule has 0 saturated carbocycles. The van der Waals surface area contributed by atoms with E-state index in [0.29, 0.717) is 12.1 Å². The molecule has 1 aromatic carbocycles. The third-order valence-electron chi connectivity index (χ3n) is 1.19. The van der Waals surface area contributed by atoms with Gasteiger partial charge in [-0.25, -0.2) is 8.78 Å². The minimum Gasteiger partial charge on any atom is -0.406 e. The van der Waals surface area contributed by atoms with E-state index in [1.54, 1.807) is 0 Å². The molecule has 0 radical (unpaired) electrons. The van der Waals surface area contributed by atoms with Gasteiger partial charge in [0.05, 0.1) is 3.57 Å². The molecule has 0 atom stereocenters. The van der Waals surface area contributed by atoms with Crippen LogP contribution in [0, 0.1) is 15.2 Å². The van der Waals surface area contributed by atoms with Crippen LogP contribution in [0.4, 0.5) is 22.0 Å². The van der Waals surface area contributed by atoms with Crippen molar-refractivity contribution in [3.8, 4) is 5.75 Å². The zero-order chi connectivity index (χ0) is 10.9. The van der Waals surface area contributed by atoms with Gasteiger partial charge in [-0.1, -0.05) is 0 Å². The van der Waals surface area contributed by atoms with Crippen LogP contribution in [0.1, 0.15) is 0 Å². The molecule has 1 nitrogen and oxygen atoms in total. The van der Waals surface area contributed by atoms with Crippen molar-refractivity contribution in [1.29, 1.82) is 0 Å². The summed E-state index contributed by atoms with van der Waals surface area (Å²) in [6.45, 7) is 0. The predicted octanol–water partition coefficient (Wildman–Crippen LogP) is 3.47. The Morgan fingerprint density at radius 1 is 1.07 bits per heavy atom. The first-order valence-electron chi connectivity index (χ1n) is 3.20. The Kier molecular flexibility index (Phi) is 3.17. The summed E-state index contributed by atoms with van der Waals surface area (Å²) in [4.78, 5) is 0. The van der Waals surface area contributed by atoms with Gasteiger partial charge in [0.25, 0.3) is 0 Å². The predicted molar refractivity (Wildman–Crippen MR) is 45.8 cm³/mol. The van der Waals surface area contributed by atoms with E-state index in [1.165, 1.54) is 22.6 Å². The fraction of sp³-hybridized carbons (Fsp3) is 0.143. The maximum absolute atomic E-state index is 12.7. The normalized spacial score (nSPS) is 11.6. The molecule has 0 spiro atoms. The Morgan fingerprint density at radius 3 is 1.86 bits per heavy atom. The van der Waals surface area contributed by atoms with E-state index >= 15 is 0 Å². The van der Waals surface area contributed by atoms with Gasteiger partial charge in [-0.05, 0) is 22.6 Å². The van der Waals surface area contributed by atoms with Gasteiger partial charge in [-0.2, -0.15) is 0 Å². The van der Waals surface area contributed by atoms with Crippen LogP contribution in [0.3, 0.4) is 0 Å². The Labute approximate surface area is 89.0 Å². The van der Waals surface area contributed by atoms with Crippen molar-refractivity contribution in [2.45, 2.75) is 6.36 Å². The van der Waals surface area contributed by atoms with E-state index in [4.69, 9.17) is 0 Å². The highest BCUT2D eigenvalue weighted by Crippen LogP contribution is 2.26. The zero-order valence-electron chi connectivity index (χ0n) is 6.33. The summed E-state index contributed by atoms with van der Waals surface area (Å²) < 4.78 is 63.3. The number of hydrogen-bond acceptors (Lipinski definition) is 1. The number of ether oxygens (including phenoxy) is 1. The van der Waals surface area contributed by atoms with E-state index in [9.17, 15) is 22.0 Å². The molecule has 0 saturated heterocycles. The number of hydrogen-bond donors (Lipinski definition) is 0. The van der Waals surface area contributed by atoms with Crippen LogP contribution in [0.15, 0.2) is 12.1 Å². The monoisotopic (exact) mass is 324 g/mol. The summed E-state index contributed by atoms with van der Waals surface area (Å²) in [6, 6.07) is 0.941. The second kappa shape index (κ2) is 3.87. The highest BCUT2D eigenvalue weighted by Gasteiger charge is 2.31. The zero-order valence-corrected chi connectivity index (χ0v) is 8.49. The van der Waals surface area contributed by atoms with E-state index in [-0.39, 0.29) is 3.57 Å². The van der Waals surface area contributed by atoms with Crippen molar-refractivity contribution >= 4 is 22.6 Å². The second-order valence-corrected chi connectivity index (χ2v) is 3.33. The van der Waals surface area contributed by atoms with Crippen molar-refractivity contribution in [1.82, 2.24) is 0 Å². The fourth-order valence-corrected chi connectivity index (χ4v) is 1.04. The van der Waals surface area contributed by atoms with E-state index in [1.807, 2.05) is 0 Å². The summed E-state index contributed by atoms with van der Waals surface area (Å²) in [7, 11) is 0. The Hall–Kier alpha value is -0.600. The van der Waals surface area contributed by atoms with Gasteiger partial charge in [-0.15, -0.1) is 13.2 Å². The molecule has 0 aliphatic rings. The third-order valence-corrected chi connectivity index (χ3v) is 2.22. The molecule has 78 valence electrons. The van der Waals surface area contributed by atoms with Crippen LogP contribution in [-0.2, 0) is 0 Å². The summed E-state index contributed by atoms with van der Waals surface area (Å²) >= 11 is 1.34. The first-order chi connectivity index (χ1) is 6.29. The van der Waals surface area contributed by atoms with Crippen molar-refractivity contribution in [3.63, 3.8) is 0 Å². The average molecular weight is 324 g/mol. The first-order valence-corrected chi connectivity index (χ1v) is 4.28. The number of halogens is 6. The molecule has 0 aliphatic heterocycles. The van der Waals surface area contributed by atoms with Gasteiger partial charge >= 0.3 is 6.36 Å². The minimum absolute atomic E-state index is 0.378. The van der Waals surface area contributed by atoms with E-state index in [0.717, 1.165) is 0 Å². The smallest absolute Gasteiger partial charge is 0.406 e. The van der Waals surface area contributed by atoms with Crippen LogP contribution >= 0.6 is 22.6 Å². The molecule has 0 unspecified atom stereocenters. The molecule has 0 aromatic heterocycles. The van der Waals surface area contributed by atoms with Crippen LogP contribution in [-0.4, -0.2) is 6.36 Å². The standard InChI is InChI=1S/C7H2F5IO/c8-4-1-3(14-7(10,11)12)2-5(9)6(4)13/h1-2H. The van der Waals surface area contributed by atoms with Crippen LogP contribution < -0.4 is 4.74 Å². The molecule has 0 amide bonds. The molecule has 0 aliphatic carbocycles. The lowest BCUT2D eigenvalue weighted by atomic mass is 10.3. The van der Waals surface area contributed by atoms with Crippen molar-refractivity contribution in [2.75, 3.05) is 0 Å². The summed E-state index contributed by atoms with van der Waals surface area (Å²) in [5.74, 6) is -3.09. The van der Waals surface area contributed by atoms with Crippen molar-refractivity contribution in [3.05, 3.63) is 27.3 Å². The Morgan fingerprint density at radius 2 is 1.50 bits per heavy atom. The highest BCUT2D eigenvalue weighted by molar-refractivity contribution is 14.1. The van der Waals surface area contributed by atoms with Crippen LogP contribution in [0.2, 0.25) is 0 Å². The molecule has 7 heteroatoms. The molecule has 14 heavy (non-hydrogen) atoms.